The number of amides is 1. The Balaban J connectivity index is 2.08. The Hall–Kier alpha value is -2.58. The molecule has 0 atom stereocenters. The molecule has 0 heterocycles. The molecule has 0 saturated heterocycles. The first-order chi connectivity index (χ1) is 13.4. The Labute approximate surface area is 166 Å². The maximum atomic E-state index is 12.7. The molecule has 8 heteroatoms. The van der Waals surface area contributed by atoms with E-state index in [0.29, 0.717) is 31.1 Å². The smallest absolute Gasteiger partial charge is 0.243 e. The zero-order chi connectivity index (χ0) is 20.6. The summed E-state index contributed by atoms with van der Waals surface area (Å²) >= 11 is 0. The highest BCUT2D eigenvalue weighted by atomic mass is 32.2. The van der Waals surface area contributed by atoms with Crippen molar-refractivity contribution >= 4 is 21.6 Å². The largest absolute Gasteiger partial charge is 0.495 e. The Morgan fingerprint density at radius 2 is 1.75 bits per heavy atom. The average molecular weight is 406 g/mol. The van der Waals surface area contributed by atoms with E-state index < -0.39 is 10.0 Å². The van der Waals surface area contributed by atoms with Gasteiger partial charge in [0.1, 0.15) is 5.75 Å². The Morgan fingerprint density at radius 3 is 2.36 bits per heavy atom. The Morgan fingerprint density at radius 1 is 1.07 bits per heavy atom. The van der Waals surface area contributed by atoms with E-state index in [2.05, 4.69) is 10.6 Å². The van der Waals surface area contributed by atoms with Gasteiger partial charge in [-0.15, -0.1) is 0 Å². The average Bonchev–Trinajstić information content (AvgIpc) is 2.71. The summed E-state index contributed by atoms with van der Waals surface area (Å²) in [6.45, 7) is 4.78. The van der Waals surface area contributed by atoms with Crippen LogP contribution in [0, 0.1) is 0 Å². The van der Waals surface area contributed by atoms with E-state index in [0.717, 1.165) is 5.56 Å². The number of anilines is 1. The van der Waals surface area contributed by atoms with Gasteiger partial charge in [-0.3, -0.25) is 4.79 Å². The summed E-state index contributed by atoms with van der Waals surface area (Å²) in [7, 11) is -2.10. The van der Waals surface area contributed by atoms with Gasteiger partial charge in [0.05, 0.1) is 24.2 Å². The lowest BCUT2D eigenvalue weighted by molar-refractivity contribution is -0.119. The van der Waals surface area contributed by atoms with E-state index in [4.69, 9.17) is 4.74 Å². The van der Waals surface area contributed by atoms with Crippen LogP contribution in [0.5, 0.6) is 5.75 Å². The van der Waals surface area contributed by atoms with Crippen molar-refractivity contribution in [2.24, 2.45) is 0 Å². The molecule has 0 aliphatic carbocycles. The zero-order valence-electron chi connectivity index (χ0n) is 16.4. The molecule has 2 aromatic carbocycles. The molecule has 0 unspecified atom stereocenters. The van der Waals surface area contributed by atoms with Crippen LogP contribution in [0.3, 0.4) is 0 Å². The number of benzene rings is 2. The van der Waals surface area contributed by atoms with E-state index in [9.17, 15) is 13.2 Å². The number of rotatable bonds is 10. The van der Waals surface area contributed by atoms with Crippen molar-refractivity contribution in [3.05, 3.63) is 54.1 Å². The molecule has 28 heavy (non-hydrogen) atoms. The summed E-state index contributed by atoms with van der Waals surface area (Å²) in [5, 5.41) is 5.79. The molecule has 1 amide bonds. The van der Waals surface area contributed by atoms with E-state index in [1.54, 1.807) is 19.9 Å². The minimum atomic E-state index is -3.60. The predicted octanol–water partition coefficient (Wildman–Crippen LogP) is 2.45. The molecule has 0 fully saturated rings. The summed E-state index contributed by atoms with van der Waals surface area (Å²) < 4.78 is 32.1. The Kier molecular flexibility index (Phi) is 7.83. The SMILES string of the molecule is CCN(CC)S(=O)(=O)c1ccc(OC)c(NCC(=O)NCc2ccccc2)c1. The van der Waals surface area contributed by atoms with Gasteiger partial charge in [-0.05, 0) is 23.8 Å². The van der Waals surface area contributed by atoms with Crippen LogP contribution in [0.2, 0.25) is 0 Å². The van der Waals surface area contributed by atoms with E-state index in [-0.39, 0.29) is 17.3 Å². The number of nitrogens with one attached hydrogen (secondary N) is 2. The minimum absolute atomic E-state index is 0.00202. The van der Waals surface area contributed by atoms with Gasteiger partial charge < -0.3 is 15.4 Å². The first-order valence-corrected chi connectivity index (χ1v) is 10.6. The van der Waals surface area contributed by atoms with Crippen LogP contribution in [0.1, 0.15) is 19.4 Å². The molecule has 0 spiro atoms. The van der Waals surface area contributed by atoms with E-state index in [1.165, 1.54) is 23.5 Å². The molecular weight excluding hydrogens is 378 g/mol. The molecule has 2 rings (SSSR count). The van der Waals surface area contributed by atoms with Crippen LogP contribution in [-0.2, 0) is 21.4 Å². The van der Waals surface area contributed by atoms with Gasteiger partial charge in [0, 0.05) is 19.6 Å². The lowest BCUT2D eigenvalue weighted by Gasteiger charge is -2.20. The number of ether oxygens (including phenoxy) is 1. The minimum Gasteiger partial charge on any atom is -0.495 e. The first kappa shape index (κ1) is 21.7. The van der Waals surface area contributed by atoms with Crippen molar-refractivity contribution < 1.29 is 17.9 Å². The third-order valence-corrected chi connectivity index (χ3v) is 6.33. The van der Waals surface area contributed by atoms with Crippen LogP contribution in [0.15, 0.2) is 53.4 Å². The second-order valence-corrected chi connectivity index (χ2v) is 8.01. The zero-order valence-corrected chi connectivity index (χ0v) is 17.3. The highest BCUT2D eigenvalue weighted by Gasteiger charge is 2.23. The maximum Gasteiger partial charge on any atom is 0.243 e. The molecular formula is C20H27N3O4S. The number of hydrogen-bond acceptors (Lipinski definition) is 5. The van der Waals surface area contributed by atoms with Crippen LogP contribution in [0.25, 0.3) is 0 Å². The van der Waals surface area contributed by atoms with E-state index >= 15 is 0 Å². The summed E-state index contributed by atoms with van der Waals surface area (Å²) in [5.74, 6) is 0.261. The second kappa shape index (κ2) is 10.1. The van der Waals surface area contributed by atoms with Gasteiger partial charge in [-0.25, -0.2) is 8.42 Å². The van der Waals surface area contributed by atoms with Gasteiger partial charge in [0.25, 0.3) is 0 Å². The van der Waals surface area contributed by atoms with Crippen molar-refractivity contribution in [2.75, 3.05) is 32.1 Å². The molecule has 0 aliphatic heterocycles. The number of methoxy groups -OCH3 is 1. The quantitative estimate of drug-likeness (QED) is 0.634. The van der Waals surface area contributed by atoms with Crippen molar-refractivity contribution in [1.29, 1.82) is 0 Å². The number of nitrogens with zero attached hydrogens (tertiary/aromatic N) is 1. The lowest BCUT2D eigenvalue weighted by Crippen LogP contribution is -2.31. The van der Waals surface area contributed by atoms with Crippen LogP contribution >= 0.6 is 0 Å². The van der Waals surface area contributed by atoms with Crippen molar-refractivity contribution in [2.45, 2.75) is 25.3 Å². The normalized spacial score (nSPS) is 11.3. The monoisotopic (exact) mass is 405 g/mol. The molecule has 0 radical (unpaired) electrons. The topological polar surface area (TPSA) is 87.7 Å². The van der Waals surface area contributed by atoms with Crippen LogP contribution in [0.4, 0.5) is 5.69 Å². The van der Waals surface area contributed by atoms with Gasteiger partial charge in [0.2, 0.25) is 15.9 Å². The van der Waals surface area contributed by atoms with Crippen molar-refractivity contribution in [1.82, 2.24) is 9.62 Å². The van der Waals surface area contributed by atoms with E-state index in [1.807, 2.05) is 30.3 Å². The Bertz CT molecular complexity index is 882. The predicted molar refractivity (Wildman–Crippen MR) is 110 cm³/mol. The summed E-state index contributed by atoms with van der Waals surface area (Å²) in [5.41, 5.74) is 1.45. The van der Waals surface area contributed by atoms with Gasteiger partial charge in [-0.2, -0.15) is 4.31 Å². The fourth-order valence-electron chi connectivity index (χ4n) is 2.73. The van der Waals surface area contributed by atoms with Crippen molar-refractivity contribution in [3.8, 4) is 5.75 Å². The maximum absolute atomic E-state index is 12.7. The molecule has 0 bridgehead atoms. The fraction of sp³-hybridized carbons (Fsp3) is 0.350. The van der Waals surface area contributed by atoms with Crippen molar-refractivity contribution in [3.63, 3.8) is 0 Å². The molecule has 152 valence electrons. The second-order valence-electron chi connectivity index (χ2n) is 6.07. The lowest BCUT2D eigenvalue weighted by atomic mass is 10.2. The van der Waals surface area contributed by atoms with Gasteiger partial charge >= 0.3 is 0 Å². The summed E-state index contributed by atoms with van der Waals surface area (Å²) in [4.78, 5) is 12.3. The van der Waals surface area contributed by atoms with Crippen LogP contribution in [-0.4, -0.2) is 45.4 Å². The van der Waals surface area contributed by atoms with Crippen LogP contribution < -0.4 is 15.4 Å². The number of carbonyl (C=O) groups excluding carboxylic acids is 1. The molecule has 7 nitrogen and oxygen atoms in total. The standard InChI is InChI=1S/C20H27N3O4S/c1-4-23(5-2)28(25,26)17-11-12-19(27-3)18(13-17)21-15-20(24)22-14-16-9-7-6-8-10-16/h6-13,21H,4-5,14-15H2,1-3H3,(H,22,24). The third kappa shape index (κ3) is 5.46. The first-order valence-electron chi connectivity index (χ1n) is 9.15. The van der Waals surface area contributed by atoms with Gasteiger partial charge in [0.15, 0.2) is 0 Å². The molecule has 0 aliphatic rings. The van der Waals surface area contributed by atoms with Gasteiger partial charge in [-0.1, -0.05) is 44.2 Å². The molecule has 0 aromatic heterocycles. The highest BCUT2D eigenvalue weighted by molar-refractivity contribution is 7.89. The molecule has 2 N–H and O–H groups in total. The molecule has 0 saturated carbocycles. The fourth-order valence-corrected chi connectivity index (χ4v) is 4.22. The summed E-state index contributed by atoms with van der Waals surface area (Å²) in [6, 6.07) is 14.2. The number of hydrogen-bond donors (Lipinski definition) is 2. The molecule has 2 aromatic rings. The number of carbonyl (C=O) groups is 1. The third-order valence-electron chi connectivity index (χ3n) is 4.29. The summed E-state index contributed by atoms with van der Waals surface area (Å²) in [6.07, 6.45) is 0. The highest BCUT2D eigenvalue weighted by Crippen LogP contribution is 2.28. The number of sulfonamides is 1.